The number of hydrogen-bond donors (Lipinski definition) is 1. The Hall–Kier alpha value is -3.08. The number of carbonyl (C=O) groups is 2. The maximum atomic E-state index is 14.3. The molecule has 1 saturated heterocycles. The number of ether oxygens (including phenoxy) is 2. The zero-order valence-corrected chi connectivity index (χ0v) is 18.8. The molecule has 0 atom stereocenters. The van der Waals surface area contributed by atoms with Crippen LogP contribution >= 0.6 is 0 Å². The highest BCUT2D eigenvalue weighted by Crippen LogP contribution is 2.24. The molecule has 10 heteroatoms. The molecule has 174 valence electrons. The Morgan fingerprint density at radius 1 is 1.18 bits per heavy atom. The highest BCUT2D eigenvalue weighted by atomic mass is 32.2. The number of nitrogens with zero attached hydrogens (tertiary/aromatic N) is 1. The molecule has 1 N–H and O–H groups in total. The predicted molar refractivity (Wildman–Crippen MR) is 118 cm³/mol. The summed E-state index contributed by atoms with van der Waals surface area (Å²) in [6, 6.07) is 8.59. The van der Waals surface area contributed by atoms with E-state index >= 15 is 0 Å². The molecule has 33 heavy (non-hydrogen) atoms. The summed E-state index contributed by atoms with van der Waals surface area (Å²) in [7, 11) is -4.15. The fraction of sp³-hybridized carbons (Fsp3) is 0.304. The molecule has 0 saturated carbocycles. The number of benzene rings is 2. The summed E-state index contributed by atoms with van der Waals surface area (Å²) in [6.07, 6.45) is 2.37. The van der Waals surface area contributed by atoms with E-state index in [9.17, 15) is 22.4 Å². The van der Waals surface area contributed by atoms with Crippen molar-refractivity contribution in [3.8, 4) is 0 Å². The van der Waals surface area contributed by atoms with Crippen molar-refractivity contribution in [2.45, 2.75) is 18.2 Å². The first-order valence-corrected chi connectivity index (χ1v) is 11.9. The number of aromatic nitrogens is 1. The molecular weight excluding hydrogens is 451 g/mol. The summed E-state index contributed by atoms with van der Waals surface area (Å²) in [6.45, 7) is 2.07. The van der Waals surface area contributed by atoms with E-state index in [1.54, 1.807) is 6.20 Å². The smallest absolute Gasteiger partial charge is 0.338 e. The molecule has 1 aliphatic heterocycles. The van der Waals surface area contributed by atoms with Crippen molar-refractivity contribution in [3.63, 3.8) is 0 Å². The number of hydrogen-bond acceptors (Lipinski definition) is 6. The van der Waals surface area contributed by atoms with Crippen LogP contribution in [0.1, 0.15) is 33.2 Å². The van der Waals surface area contributed by atoms with Crippen LogP contribution in [0.2, 0.25) is 0 Å². The van der Waals surface area contributed by atoms with E-state index in [2.05, 4.69) is 4.98 Å². The summed E-state index contributed by atoms with van der Waals surface area (Å²) in [5.74, 6) is -2.30. The Labute approximate surface area is 190 Å². The number of rotatable bonds is 7. The third-order valence-corrected chi connectivity index (χ3v) is 7.49. The van der Waals surface area contributed by atoms with Crippen LogP contribution in [0.4, 0.5) is 4.39 Å². The number of esters is 1. The van der Waals surface area contributed by atoms with Crippen LogP contribution < -0.4 is 0 Å². The molecule has 0 spiro atoms. The van der Waals surface area contributed by atoms with Gasteiger partial charge in [-0.1, -0.05) is 25.1 Å². The van der Waals surface area contributed by atoms with E-state index in [4.69, 9.17) is 9.47 Å². The van der Waals surface area contributed by atoms with Crippen molar-refractivity contribution < 1.29 is 31.9 Å². The van der Waals surface area contributed by atoms with Crippen LogP contribution in [-0.4, -0.2) is 62.4 Å². The van der Waals surface area contributed by atoms with Gasteiger partial charge in [0.05, 0.1) is 18.8 Å². The number of aromatic amines is 1. The Bertz CT molecular complexity index is 1310. The minimum absolute atomic E-state index is 0.0926. The van der Waals surface area contributed by atoms with Gasteiger partial charge in [-0.15, -0.1) is 0 Å². The molecular formula is C23H23FN2O6S. The second-order valence-electron chi connectivity index (χ2n) is 7.56. The van der Waals surface area contributed by atoms with E-state index in [-0.39, 0.29) is 31.9 Å². The molecule has 8 nitrogen and oxygen atoms in total. The van der Waals surface area contributed by atoms with E-state index in [1.165, 1.54) is 0 Å². The van der Waals surface area contributed by atoms with Crippen molar-refractivity contribution in [1.82, 2.24) is 9.29 Å². The fourth-order valence-electron chi connectivity index (χ4n) is 3.79. The largest absolute Gasteiger partial charge is 0.454 e. The minimum atomic E-state index is -4.15. The maximum absolute atomic E-state index is 14.3. The van der Waals surface area contributed by atoms with Gasteiger partial charge in [0, 0.05) is 35.8 Å². The molecule has 1 aromatic heterocycles. The van der Waals surface area contributed by atoms with Gasteiger partial charge < -0.3 is 14.5 Å². The molecule has 0 amide bonds. The van der Waals surface area contributed by atoms with Crippen molar-refractivity contribution in [1.29, 1.82) is 0 Å². The second kappa shape index (κ2) is 9.42. The fourth-order valence-corrected chi connectivity index (χ4v) is 5.29. The van der Waals surface area contributed by atoms with E-state index in [0.29, 0.717) is 5.56 Å². The number of Topliss-reactive ketones (excluding diaryl/α,β-unsaturated/α-hetero) is 1. The van der Waals surface area contributed by atoms with Gasteiger partial charge in [0.25, 0.3) is 0 Å². The topological polar surface area (TPSA) is 106 Å². The average molecular weight is 475 g/mol. The number of ketones is 1. The SMILES string of the molecule is CCc1cccc2c(C(=O)COC(=O)c3ccc(F)c(S(=O)(=O)N4CCOCC4)c3)c[nH]c12. The molecule has 2 heterocycles. The van der Waals surface area contributed by atoms with Gasteiger partial charge in [-0.05, 0) is 30.2 Å². The number of nitrogens with one attached hydrogen (secondary N) is 1. The Kier molecular flexibility index (Phi) is 6.59. The third kappa shape index (κ3) is 4.54. The number of fused-ring (bicyclic) bond motifs is 1. The zero-order valence-electron chi connectivity index (χ0n) is 18.0. The molecule has 3 aromatic rings. The summed E-state index contributed by atoms with van der Waals surface area (Å²) in [5.41, 5.74) is 2.14. The summed E-state index contributed by atoms with van der Waals surface area (Å²) in [5, 5.41) is 0.732. The number of para-hydroxylation sites is 1. The van der Waals surface area contributed by atoms with Gasteiger partial charge in [-0.3, -0.25) is 4.79 Å². The summed E-state index contributed by atoms with van der Waals surface area (Å²) < 4.78 is 51.3. The highest BCUT2D eigenvalue weighted by molar-refractivity contribution is 7.89. The molecule has 0 aliphatic carbocycles. The Balaban J connectivity index is 1.50. The van der Waals surface area contributed by atoms with Crippen LogP contribution in [0.25, 0.3) is 10.9 Å². The molecule has 0 bridgehead atoms. The number of H-pyrrole nitrogens is 1. The van der Waals surface area contributed by atoms with Crippen LogP contribution in [0.3, 0.4) is 0 Å². The van der Waals surface area contributed by atoms with E-state index in [0.717, 1.165) is 45.4 Å². The number of halogens is 1. The van der Waals surface area contributed by atoms with Gasteiger partial charge >= 0.3 is 5.97 Å². The van der Waals surface area contributed by atoms with E-state index in [1.807, 2.05) is 25.1 Å². The molecule has 0 unspecified atom stereocenters. The van der Waals surface area contributed by atoms with Gasteiger partial charge in [0.2, 0.25) is 15.8 Å². The van der Waals surface area contributed by atoms with Gasteiger partial charge in [0.1, 0.15) is 10.7 Å². The summed E-state index contributed by atoms with van der Waals surface area (Å²) >= 11 is 0. The molecule has 4 rings (SSSR count). The monoisotopic (exact) mass is 474 g/mol. The third-order valence-electron chi connectivity index (χ3n) is 5.57. The first kappa shape index (κ1) is 23.1. The first-order valence-electron chi connectivity index (χ1n) is 10.5. The van der Waals surface area contributed by atoms with Crippen LogP contribution in [0, 0.1) is 5.82 Å². The van der Waals surface area contributed by atoms with E-state index < -0.39 is 39.1 Å². The number of carbonyl (C=O) groups excluding carboxylic acids is 2. The lowest BCUT2D eigenvalue weighted by molar-refractivity contribution is 0.0474. The van der Waals surface area contributed by atoms with Crippen molar-refractivity contribution >= 4 is 32.7 Å². The quantitative estimate of drug-likeness (QED) is 0.417. The van der Waals surface area contributed by atoms with Crippen LogP contribution in [-0.2, 0) is 25.9 Å². The first-order chi connectivity index (χ1) is 15.8. The van der Waals surface area contributed by atoms with Gasteiger partial charge in [0.15, 0.2) is 6.61 Å². The lowest BCUT2D eigenvalue weighted by atomic mass is 10.1. The van der Waals surface area contributed by atoms with Crippen molar-refractivity contribution in [3.05, 3.63) is 65.1 Å². The lowest BCUT2D eigenvalue weighted by Crippen LogP contribution is -2.41. The van der Waals surface area contributed by atoms with Crippen LogP contribution in [0.15, 0.2) is 47.5 Å². The number of aryl methyl sites for hydroxylation is 1. The number of sulfonamides is 1. The normalized spacial score (nSPS) is 15.0. The minimum Gasteiger partial charge on any atom is -0.454 e. The van der Waals surface area contributed by atoms with Gasteiger partial charge in [-0.25, -0.2) is 17.6 Å². The highest BCUT2D eigenvalue weighted by Gasteiger charge is 2.30. The zero-order chi connectivity index (χ0) is 23.6. The molecule has 2 aromatic carbocycles. The lowest BCUT2D eigenvalue weighted by Gasteiger charge is -2.26. The maximum Gasteiger partial charge on any atom is 0.338 e. The second-order valence-corrected chi connectivity index (χ2v) is 9.46. The van der Waals surface area contributed by atoms with Crippen molar-refractivity contribution in [2.24, 2.45) is 0 Å². The predicted octanol–water partition coefficient (Wildman–Crippen LogP) is 2.93. The van der Waals surface area contributed by atoms with Crippen molar-refractivity contribution in [2.75, 3.05) is 32.9 Å². The van der Waals surface area contributed by atoms with Crippen LogP contribution in [0.5, 0.6) is 0 Å². The molecule has 1 aliphatic rings. The van der Waals surface area contributed by atoms with Gasteiger partial charge in [-0.2, -0.15) is 4.31 Å². The molecule has 1 fully saturated rings. The number of morpholine rings is 1. The Morgan fingerprint density at radius 2 is 1.94 bits per heavy atom. The standard InChI is InChI=1S/C23H23FN2O6S/c1-2-15-4-3-5-17-18(13-25-22(15)17)20(27)14-32-23(28)16-6-7-19(24)21(12-16)33(29,30)26-8-10-31-11-9-26/h3-7,12-13,25H,2,8-11,14H2,1H3. The molecule has 0 radical (unpaired) electrons. The Morgan fingerprint density at radius 3 is 2.67 bits per heavy atom. The summed E-state index contributed by atoms with van der Waals surface area (Å²) in [4.78, 5) is 27.7. The average Bonchev–Trinajstić information content (AvgIpc) is 3.27.